The summed E-state index contributed by atoms with van der Waals surface area (Å²) in [4.78, 5) is 20.8. The van der Waals surface area contributed by atoms with Crippen LogP contribution in [0.25, 0.3) is 11.1 Å². The normalized spacial score (nSPS) is 11.9. The molecule has 34 heavy (non-hydrogen) atoms. The van der Waals surface area contributed by atoms with Gasteiger partial charge >= 0.3 is 12.0 Å². The third-order valence-electron chi connectivity index (χ3n) is 4.83. The number of hydrogen-bond acceptors (Lipinski definition) is 7. The number of nitrogens with two attached hydrogens (primary N) is 1. The van der Waals surface area contributed by atoms with Gasteiger partial charge in [-0.15, -0.1) is 0 Å². The number of aromatic nitrogens is 2. The number of urea groups is 1. The van der Waals surface area contributed by atoms with E-state index in [1.165, 1.54) is 18.2 Å². The molecule has 176 valence electrons. The lowest BCUT2D eigenvalue weighted by molar-refractivity contribution is 0.261. The van der Waals surface area contributed by atoms with E-state index in [-0.39, 0.29) is 33.3 Å². The molecule has 4 N–H and O–H groups in total. The Bertz CT molecular complexity index is 1470. The Morgan fingerprint density at radius 2 is 1.82 bits per heavy atom. The van der Waals surface area contributed by atoms with Gasteiger partial charge in [0.2, 0.25) is 15.9 Å². The molecule has 0 saturated carbocycles. The SMILES string of the molecule is CC(C)(C)c1ccccc1Oc1ncccc1NC(=O)Nc1nc2cc(S(N)(=O)=O)ccc2o1. The van der Waals surface area contributed by atoms with Crippen molar-refractivity contribution in [2.75, 3.05) is 10.6 Å². The largest absolute Gasteiger partial charge is 0.437 e. The lowest BCUT2D eigenvalue weighted by Crippen LogP contribution is -2.20. The Kier molecular flexibility index (Phi) is 5.98. The van der Waals surface area contributed by atoms with E-state index in [4.69, 9.17) is 14.3 Å². The van der Waals surface area contributed by atoms with Gasteiger partial charge in [0.05, 0.1) is 4.90 Å². The highest BCUT2D eigenvalue weighted by molar-refractivity contribution is 7.89. The van der Waals surface area contributed by atoms with Crippen LogP contribution >= 0.6 is 0 Å². The van der Waals surface area contributed by atoms with Gasteiger partial charge in [-0.25, -0.2) is 23.3 Å². The Morgan fingerprint density at radius 1 is 1.06 bits per heavy atom. The fraction of sp³-hybridized carbons (Fsp3) is 0.174. The van der Waals surface area contributed by atoms with Crippen LogP contribution in [0.15, 0.2) is 70.1 Å². The summed E-state index contributed by atoms with van der Waals surface area (Å²) in [7, 11) is -3.89. The summed E-state index contributed by atoms with van der Waals surface area (Å²) >= 11 is 0. The zero-order valence-corrected chi connectivity index (χ0v) is 19.5. The van der Waals surface area contributed by atoms with E-state index < -0.39 is 16.1 Å². The molecule has 4 rings (SSSR count). The third-order valence-corrected chi connectivity index (χ3v) is 5.74. The highest BCUT2D eigenvalue weighted by Gasteiger charge is 2.20. The second-order valence-corrected chi connectivity index (χ2v) is 10.0. The first-order valence-electron chi connectivity index (χ1n) is 10.2. The van der Waals surface area contributed by atoms with E-state index >= 15 is 0 Å². The molecule has 0 aliphatic rings. The predicted molar refractivity (Wildman–Crippen MR) is 127 cm³/mol. The third kappa shape index (κ3) is 5.16. The summed E-state index contributed by atoms with van der Waals surface area (Å²) in [5.74, 6) is 0.839. The van der Waals surface area contributed by atoms with Crippen molar-refractivity contribution in [1.29, 1.82) is 0 Å². The van der Waals surface area contributed by atoms with Gasteiger partial charge in [0.15, 0.2) is 5.58 Å². The number of nitrogens with zero attached hydrogens (tertiary/aromatic N) is 2. The molecule has 11 heteroatoms. The zero-order valence-electron chi connectivity index (χ0n) is 18.7. The first-order valence-corrected chi connectivity index (χ1v) is 11.8. The molecule has 0 aliphatic heterocycles. The maximum atomic E-state index is 12.6. The second kappa shape index (κ2) is 8.76. The summed E-state index contributed by atoms with van der Waals surface area (Å²) in [6, 6.07) is 14.1. The van der Waals surface area contributed by atoms with Gasteiger partial charge in [-0.3, -0.25) is 5.32 Å². The van der Waals surface area contributed by atoms with Crippen LogP contribution in [0.1, 0.15) is 26.3 Å². The number of para-hydroxylation sites is 1. The first kappa shape index (κ1) is 23.2. The van der Waals surface area contributed by atoms with Crippen molar-refractivity contribution in [1.82, 2.24) is 9.97 Å². The monoisotopic (exact) mass is 481 g/mol. The number of pyridine rings is 1. The zero-order chi connectivity index (χ0) is 24.5. The van der Waals surface area contributed by atoms with Crippen molar-refractivity contribution in [2.24, 2.45) is 5.14 Å². The average Bonchev–Trinajstić information content (AvgIpc) is 3.15. The average molecular weight is 482 g/mol. The molecule has 2 aromatic carbocycles. The van der Waals surface area contributed by atoms with Crippen LogP contribution in [0.3, 0.4) is 0 Å². The minimum atomic E-state index is -3.89. The molecule has 0 bridgehead atoms. The number of nitrogens with one attached hydrogen (secondary N) is 2. The van der Waals surface area contributed by atoms with Crippen molar-refractivity contribution in [3.8, 4) is 11.6 Å². The van der Waals surface area contributed by atoms with Gasteiger partial charge in [0, 0.05) is 11.8 Å². The van der Waals surface area contributed by atoms with Crippen LogP contribution in [0.4, 0.5) is 16.5 Å². The van der Waals surface area contributed by atoms with Crippen LogP contribution in [0.5, 0.6) is 11.6 Å². The molecule has 0 aliphatic carbocycles. The molecule has 10 nitrogen and oxygen atoms in total. The van der Waals surface area contributed by atoms with Crippen LogP contribution < -0.4 is 20.5 Å². The first-order chi connectivity index (χ1) is 16.0. The standard InChI is InChI=1S/C23H23N5O5S/c1-23(2,3)15-7-4-5-9-18(15)32-20-16(8-6-12-25-20)26-21(29)28-22-27-17-13-14(34(24,30)31)10-11-19(17)33-22/h4-13H,1-3H3,(H2,24,30,31)(H2,26,27,28,29). The van der Waals surface area contributed by atoms with Crippen molar-refractivity contribution in [2.45, 2.75) is 31.1 Å². The van der Waals surface area contributed by atoms with E-state index in [0.717, 1.165) is 5.56 Å². The molecule has 2 amide bonds. The Hall–Kier alpha value is -3.96. The van der Waals surface area contributed by atoms with Crippen molar-refractivity contribution in [3.05, 3.63) is 66.4 Å². The molecular weight excluding hydrogens is 458 g/mol. The fourth-order valence-corrected chi connectivity index (χ4v) is 3.77. The smallest absolute Gasteiger partial charge is 0.327 e. The second-order valence-electron chi connectivity index (χ2n) is 8.48. The number of anilines is 2. The number of ether oxygens (including phenoxy) is 1. The van der Waals surface area contributed by atoms with Gasteiger partial charge < -0.3 is 14.5 Å². The molecule has 2 aromatic heterocycles. The Labute approximate surface area is 196 Å². The van der Waals surface area contributed by atoms with Gasteiger partial charge in [-0.2, -0.15) is 4.98 Å². The fourth-order valence-electron chi connectivity index (χ4n) is 3.24. The number of primary sulfonamides is 1. The van der Waals surface area contributed by atoms with Crippen molar-refractivity contribution < 1.29 is 22.4 Å². The van der Waals surface area contributed by atoms with Gasteiger partial charge in [-0.1, -0.05) is 39.0 Å². The van der Waals surface area contributed by atoms with Crippen LogP contribution in [-0.2, 0) is 15.4 Å². The minimum Gasteiger partial charge on any atom is -0.437 e. The number of rotatable bonds is 5. The number of amides is 2. The molecule has 2 heterocycles. The van der Waals surface area contributed by atoms with Gasteiger partial charge in [0.25, 0.3) is 0 Å². The number of carbonyl (C=O) groups excluding carboxylic acids is 1. The maximum Gasteiger partial charge on any atom is 0.327 e. The molecule has 0 fully saturated rings. The topological polar surface area (TPSA) is 149 Å². The summed E-state index contributed by atoms with van der Waals surface area (Å²) in [6.07, 6.45) is 1.56. The van der Waals surface area contributed by atoms with Crippen LogP contribution in [0, 0.1) is 0 Å². The molecular formula is C23H23N5O5S. The van der Waals surface area contributed by atoms with Gasteiger partial charge in [-0.05, 0) is 41.8 Å². The van der Waals surface area contributed by atoms with Crippen molar-refractivity contribution in [3.63, 3.8) is 0 Å². The molecule has 0 atom stereocenters. The molecule has 0 unspecified atom stereocenters. The Morgan fingerprint density at radius 3 is 2.56 bits per heavy atom. The number of oxazole rings is 1. The van der Waals surface area contributed by atoms with E-state index in [1.54, 1.807) is 18.3 Å². The lowest BCUT2D eigenvalue weighted by atomic mass is 9.86. The number of hydrogen-bond donors (Lipinski definition) is 3. The number of sulfonamides is 1. The van der Waals surface area contributed by atoms with E-state index in [2.05, 4.69) is 41.4 Å². The molecule has 0 saturated heterocycles. The van der Waals surface area contributed by atoms with Crippen LogP contribution in [0.2, 0.25) is 0 Å². The van der Waals surface area contributed by atoms with E-state index in [9.17, 15) is 13.2 Å². The lowest BCUT2D eigenvalue weighted by Gasteiger charge is -2.22. The Balaban J connectivity index is 1.53. The van der Waals surface area contributed by atoms with Crippen molar-refractivity contribution >= 4 is 38.9 Å². The van der Waals surface area contributed by atoms with E-state index in [0.29, 0.717) is 11.4 Å². The number of carbonyl (C=O) groups is 1. The maximum absolute atomic E-state index is 12.6. The molecule has 4 aromatic rings. The number of fused-ring (bicyclic) bond motifs is 1. The summed E-state index contributed by atoms with van der Waals surface area (Å²) in [5, 5.41) is 10.3. The highest BCUT2D eigenvalue weighted by atomic mass is 32.2. The predicted octanol–water partition coefficient (Wildman–Crippen LogP) is 4.60. The minimum absolute atomic E-state index is 0.114. The quantitative estimate of drug-likeness (QED) is 0.377. The summed E-state index contributed by atoms with van der Waals surface area (Å²) in [5.41, 5.74) is 1.67. The molecule has 0 spiro atoms. The van der Waals surface area contributed by atoms with E-state index in [1.807, 2.05) is 24.3 Å². The molecule has 0 radical (unpaired) electrons. The number of benzene rings is 2. The van der Waals surface area contributed by atoms with Gasteiger partial charge in [0.1, 0.15) is 17.0 Å². The summed E-state index contributed by atoms with van der Waals surface area (Å²) < 4.78 is 34.6. The van der Waals surface area contributed by atoms with Crippen LogP contribution in [-0.4, -0.2) is 24.4 Å². The highest BCUT2D eigenvalue weighted by Crippen LogP contribution is 2.35. The summed E-state index contributed by atoms with van der Waals surface area (Å²) in [6.45, 7) is 6.23.